The molecule has 3 aliphatic heterocycles. The second kappa shape index (κ2) is 6.83. The highest BCUT2D eigenvalue weighted by Crippen LogP contribution is 2.48. The first-order valence-electron chi connectivity index (χ1n) is 9.63. The van der Waals surface area contributed by atoms with Crippen molar-refractivity contribution in [3.63, 3.8) is 0 Å². The van der Waals surface area contributed by atoms with Crippen LogP contribution in [0.1, 0.15) is 35.4 Å². The van der Waals surface area contributed by atoms with Crippen LogP contribution in [0.3, 0.4) is 0 Å². The van der Waals surface area contributed by atoms with E-state index in [0.717, 1.165) is 46.1 Å². The van der Waals surface area contributed by atoms with Crippen molar-refractivity contribution in [1.29, 1.82) is 0 Å². The number of hydrogen-bond acceptors (Lipinski definition) is 5. The third-order valence-corrected chi connectivity index (χ3v) is 6.10. The number of benzene rings is 3. The Bertz CT molecular complexity index is 1180. The van der Waals surface area contributed by atoms with Crippen LogP contribution in [-0.2, 0) is 0 Å². The SMILES string of the molecule is Clc1ccc([C@H]2Oc3ccc(Cl)cc3[C@H]3CC(c4ccc5c(c4)OCO5)=NN32)cc1. The second-order valence-electron chi connectivity index (χ2n) is 7.42. The van der Waals surface area contributed by atoms with Gasteiger partial charge in [-0.25, -0.2) is 5.01 Å². The molecule has 0 N–H and O–H groups in total. The first-order chi connectivity index (χ1) is 14.7. The molecule has 6 rings (SSSR count). The molecule has 0 fully saturated rings. The number of fused-ring (bicyclic) bond motifs is 4. The lowest BCUT2D eigenvalue weighted by Gasteiger charge is -2.38. The Labute approximate surface area is 183 Å². The van der Waals surface area contributed by atoms with Crippen LogP contribution in [-0.4, -0.2) is 17.5 Å². The van der Waals surface area contributed by atoms with Gasteiger partial charge in [-0.1, -0.05) is 35.3 Å². The Morgan fingerprint density at radius 2 is 1.60 bits per heavy atom. The van der Waals surface area contributed by atoms with Crippen LogP contribution < -0.4 is 14.2 Å². The summed E-state index contributed by atoms with van der Waals surface area (Å²) in [6, 6.07) is 19.4. The third-order valence-electron chi connectivity index (χ3n) is 5.61. The molecule has 5 nitrogen and oxygen atoms in total. The molecule has 30 heavy (non-hydrogen) atoms. The molecule has 0 spiro atoms. The average Bonchev–Trinajstić information content (AvgIpc) is 3.41. The fourth-order valence-corrected chi connectivity index (χ4v) is 4.46. The summed E-state index contributed by atoms with van der Waals surface area (Å²) in [7, 11) is 0. The number of halogens is 2. The average molecular weight is 439 g/mol. The van der Waals surface area contributed by atoms with Crippen LogP contribution in [0.25, 0.3) is 0 Å². The van der Waals surface area contributed by atoms with Crippen molar-refractivity contribution in [3.8, 4) is 17.2 Å². The van der Waals surface area contributed by atoms with Crippen molar-refractivity contribution >= 4 is 28.9 Å². The van der Waals surface area contributed by atoms with E-state index in [4.69, 9.17) is 42.5 Å². The highest BCUT2D eigenvalue weighted by molar-refractivity contribution is 6.30. The van der Waals surface area contributed by atoms with Gasteiger partial charge >= 0.3 is 0 Å². The molecule has 0 aliphatic carbocycles. The van der Waals surface area contributed by atoms with Gasteiger partial charge in [0.15, 0.2) is 11.5 Å². The van der Waals surface area contributed by atoms with Crippen LogP contribution >= 0.6 is 23.2 Å². The Kier molecular flexibility index (Phi) is 4.08. The van der Waals surface area contributed by atoms with Crippen molar-refractivity contribution in [2.24, 2.45) is 5.10 Å². The van der Waals surface area contributed by atoms with Crippen molar-refractivity contribution < 1.29 is 14.2 Å². The summed E-state index contributed by atoms with van der Waals surface area (Å²) in [4.78, 5) is 0. The van der Waals surface area contributed by atoms with Crippen molar-refractivity contribution in [1.82, 2.24) is 5.01 Å². The first kappa shape index (κ1) is 17.9. The predicted molar refractivity (Wildman–Crippen MR) is 115 cm³/mol. The summed E-state index contributed by atoms with van der Waals surface area (Å²) in [6.07, 6.45) is 0.382. The molecular formula is C23H16Cl2N2O3. The van der Waals surface area contributed by atoms with Gasteiger partial charge < -0.3 is 14.2 Å². The van der Waals surface area contributed by atoms with E-state index in [1.807, 2.05) is 65.7 Å². The number of ether oxygens (including phenoxy) is 3. The van der Waals surface area contributed by atoms with Crippen molar-refractivity contribution in [2.75, 3.05) is 6.79 Å². The lowest BCUT2D eigenvalue weighted by atomic mass is 9.95. The molecule has 3 heterocycles. The zero-order valence-corrected chi connectivity index (χ0v) is 17.2. The Morgan fingerprint density at radius 3 is 2.47 bits per heavy atom. The molecule has 3 aliphatic rings. The minimum absolute atomic E-state index is 0.0218. The quantitative estimate of drug-likeness (QED) is 0.494. The molecule has 0 bridgehead atoms. The highest BCUT2D eigenvalue weighted by atomic mass is 35.5. The topological polar surface area (TPSA) is 43.3 Å². The van der Waals surface area contributed by atoms with Crippen LogP contribution in [0.5, 0.6) is 17.2 Å². The molecule has 0 aromatic heterocycles. The number of hydrogen-bond donors (Lipinski definition) is 0. The Morgan fingerprint density at radius 1 is 0.833 bits per heavy atom. The van der Waals surface area contributed by atoms with E-state index in [1.165, 1.54) is 0 Å². The molecule has 3 aromatic rings. The fourth-order valence-electron chi connectivity index (χ4n) is 4.16. The summed E-state index contributed by atoms with van der Waals surface area (Å²) >= 11 is 12.4. The van der Waals surface area contributed by atoms with Crippen molar-refractivity contribution in [2.45, 2.75) is 18.7 Å². The number of hydrazone groups is 1. The van der Waals surface area contributed by atoms with Gasteiger partial charge in [0.25, 0.3) is 0 Å². The normalized spacial score (nSPS) is 21.0. The highest BCUT2D eigenvalue weighted by Gasteiger charge is 2.41. The molecule has 0 saturated heterocycles. The Hall–Kier alpha value is -2.89. The molecule has 2 atom stereocenters. The van der Waals surface area contributed by atoms with E-state index in [2.05, 4.69) is 0 Å². The predicted octanol–water partition coefficient (Wildman–Crippen LogP) is 5.96. The van der Waals surface area contributed by atoms with Gasteiger partial charge in [-0.05, 0) is 48.5 Å². The van der Waals surface area contributed by atoms with Crippen LogP contribution in [0.2, 0.25) is 10.0 Å². The standard InChI is InChI=1S/C23H16Cl2N2O3/c24-15-4-1-13(2-5-15)23-27-19(17-10-16(25)6-8-20(17)30-23)11-18(26-27)14-3-7-21-22(9-14)29-12-28-21/h1-10,19,23H,11-12H2/t19-,23-/m1/s1. The number of nitrogens with zero attached hydrogens (tertiary/aromatic N) is 2. The van der Waals surface area contributed by atoms with E-state index in [9.17, 15) is 0 Å². The summed E-state index contributed by atoms with van der Waals surface area (Å²) < 4.78 is 17.3. The van der Waals surface area contributed by atoms with Crippen LogP contribution in [0.4, 0.5) is 0 Å². The molecule has 150 valence electrons. The molecule has 0 radical (unpaired) electrons. The van der Waals surface area contributed by atoms with E-state index in [1.54, 1.807) is 0 Å². The molecule has 0 unspecified atom stereocenters. The third kappa shape index (κ3) is 2.89. The lowest BCUT2D eigenvalue weighted by molar-refractivity contribution is -0.0190. The van der Waals surface area contributed by atoms with Gasteiger partial charge in [-0.15, -0.1) is 0 Å². The van der Waals surface area contributed by atoms with Crippen molar-refractivity contribution in [3.05, 3.63) is 87.4 Å². The maximum Gasteiger partial charge on any atom is 0.231 e. The van der Waals surface area contributed by atoms with E-state index < -0.39 is 0 Å². The second-order valence-corrected chi connectivity index (χ2v) is 8.29. The molecule has 3 aromatic carbocycles. The monoisotopic (exact) mass is 438 g/mol. The summed E-state index contributed by atoms with van der Waals surface area (Å²) in [5.41, 5.74) is 3.99. The van der Waals surface area contributed by atoms with Gasteiger partial charge in [0.05, 0.1) is 11.8 Å². The molecular weight excluding hydrogens is 423 g/mol. The summed E-state index contributed by atoms with van der Waals surface area (Å²) in [5.74, 6) is 2.33. The summed E-state index contributed by atoms with van der Waals surface area (Å²) in [6.45, 7) is 0.248. The zero-order valence-electron chi connectivity index (χ0n) is 15.7. The van der Waals surface area contributed by atoms with Gasteiger partial charge in [0.1, 0.15) is 5.75 Å². The van der Waals surface area contributed by atoms with Crippen LogP contribution in [0.15, 0.2) is 65.8 Å². The first-order valence-corrected chi connectivity index (χ1v) is 10.4. The minimum atomic E-state index is -0.354. The maximum atomic E-state index is 6.36. The van der Waals surface area contributed by atoms with Crippen LogP contribution in [0, 0.1) is 0 Å². The van der Waals surface area contributed by atoms with Gasteiger partial charge in [0.2, 0.25) is 13.0 Å². The fraction of sp³-hybridized carbons (Fsp3) is 0.174. The van der Waals surface area contributed by atoms with Gasteiger partial charge in [-0.2, -0.15) is 5.10 Å². The Balaban J connectivity index is 1.43. The minimum Gasteiger partial charge on any atom is -0.464 e. The molecule has 7 heteroatoms. The van der Waals surface area contributed by atoms with E-state index in [-0.39, 0.29) is 19.1 Å². The van der Waals surface area contributed by atoms with Gasteiger partial charge in [-0.3, -0.25) is 0 Å². The summed E-state index contributed by atoms with van der Waals surface area (Å²) in [5, 5.41) is 8.35. The smallest absolute Gasteiger partial charge is 0.231 e. The van der Waals surface area contributed by atoms with E-state index >= 15 is 0 Å². The zero-order chi connectivity index (χ0) is 20.2. The van der Waals surface area contributed by atoms with E-state index in [0.29, 0.717) is 10.0 Å². The molecule has 0 amide bonds. The molecule has 0 saturated carbocycles. The van der Waals surface area contributed by atoms with Gasteiger partial charge in [0, 0.05) is 33.2 Å². The largest absolute Gasteiger partial charge is 0.464 e. The lowest BCUT2D eigenvalue weighted by Crippen LogP contribution is -2.33. The number of rotatable bonds is 2. The maximum absolute atomic E-state index is 6.36.